The van der Waals surface area contributed by atoms with Gasteiger partial charge in [0.1, 0.15) is 24.4 Å². The van der Waals surface area contributed by atoms with E-state index in [9.17, 15) is 34.5 Å². The highest BCUT2D eigenvalue weighted by Crippen LogP contribution is 2.38. The van der Waals surface area contributed by atoms with Gasteiger partial charge in [0.05, 0.1) is 18.3 Å². The molecule has 15 atom stereocenters. The van der Waals surface area contributed by atoms with E-state index in [2.05, 4.69) is 5.32 Å². The van der Waals surface area contributed by atoms with E-state index >= 15 is 0 Å². The summed E-state index contributed by atoms with van der Waals surface area (Å²) in [6.07, 6.45) is 14.0. The van der Waals surface area contributed by atoms with Crippen molar-refractivity contribution >= 4 is 29.1 Å². The van der Waals surface area contributed by atoms with Crippen LogP contribution in [0.2, 0.25) is 0 Å². The fraction of sp³-hybridized carbons (Fsp3) is 0.679. The predicted molar refractivity (Wildman–Crippen MR) is 271 cm³/mol. The number of nitrogens with two attached hydrogens (primary N) is 1. The molecular formula is C56H85N3O11. The molecule has 1 amide bonds. The maximum absolute atomic E-state index is 14.5. The normalized spacial score (nSPS) is 38.2. The zero-order valence-electron chi connectivity index (χ0n) is 43.4. The highest BCUT2D eigenvalue weighted by Gasteiger charge is 2.53. The predicted octanol–water partition coefficient (Wildman–Crippen LogP) is 7.47. The molecule has 1 aromatic rings. The van der Waals surface area contributed by atoms with Gasteiger partial charge < -0.3 is 50.2 Å². The Bertz CT molecular complexity index is 2020. The Hall–Kier alpha value is -4.02. The summed E-state index contributed by atoms with van der Waals surface area (Å²) in [5.41, 5.74) is 10.2. The number of nitrogens with one attached hydrogen (secondary N) is 1. The quantitative estimate of drug-likeness (QED) is 0.102. The van der Waals surface area contributed by atoms with Gasteiger partial charge in [-0.2, -0.15) is 0 Å². The van der Waals surface area contributed by atoms with Crippen molar-refractivity contribution in [1.29, 1.82) is 0 Å². The summed E-state index contributed by atoms with van der Waals surface area (Å²) in [5, 5.41) is 37.8. The molecule has 3 fully saturated rings. The van der Waals surface area contributed by atoms with Gasteiger partial charge in [0, 0.05) is 50.4 Å². The number of nitrogens with zero attached hydrogens (tertiary/aromatic N) is 1. The van der Waals surface area contributed by atoms with Crippen molar-refractivity contribution in [3.8, 4) is 0 Å². The van der Waals surface area contributed by atoms with Gasteiger partial charge >= 0.3 is 5.97 Å². The molecule has 4 unspecified atom stereocenters. The smallest absolute Gasteiger partial charge is 0.329 e. The van der Waals surface area contributed by atoms with E-state index in [-0.39, 0.29) is 48.6 Å². The van der Waals surface area contributed by atoms with Gasteiger partial charge in [-0.05, 0) is 140 Å². The second-order valence-electron chi connectivity index (χ2n) is 21.2. The van der Waals surface area contributed by atoms with Gasteiger partial charge in [-0.3, -0.25) is 14.4 Å². The molecule has 14 nitrogen and oxygen atoms in total. The number of hydrogen-bond donors (Lipinski definition) is 5. The van der Waals surface area contributed by atoms with Crippen molar-refractivity contribution in [2.75, 3.05) is 26.1 Å². The van der Waals surface area contributed by atoms with E-state index in [0.717, 1.165) is 23.2 Å². The number of aryl methyl sites for hydroxylation is 1. The first kappa shape index (κ1) is 56.9. The number of anilines is 1. The number of carbonyl (C=O) groups is 4. The number of rotatable bonds is 7. The molecule has 1 aliphatic carbocycles. The number of ketones is 2. The number of esters is 1. The van der Waals surface area contributed by atoms with Crippen LogP contribution >= 0.6 is 0 Å². The first-order valence-corrected chi connectivity index (χ1v) is 26.0. The fourth-order valence-electron chi connectivity index (χ4n) is 10.9. The lowest BCUT2D eigenvalue weighted by molar-refractivity contribution is -0.263. The Morgan fingerprint density at radius 1 is 0.857 bits per heavy atom. The Labute approximate surface area is 417 Å². The number of piperidine rings is 1. The number of Topliss-reactive ketones (excluding diaryl/α,β-unsaturated/α-hetero) is 2. The largest absolute Gasteiger partial charge is 0.461 e. The van der Waals surface area contributed by atoms with E-state index in [1.807, 2.05) is 89.3 Å². The van der Waals surface area contributed by atoms with Crippen LogP contribution in [0.5, 0.6) is 0 Å². The molecule has 0 radical (unpaired) electrons. The number of aliphatic hydroxyl groups is 3. The van der Waals surface area contributed by atoms with Gasteiger partial charge in [0.15, 0.2) is 5.78 Å². The van der Waals surface area contributed by atoms with Gasteiger partial charge in [0.25, 0.3) is 11.7 Å². The number of ether oxygens (including phenoxy) is 4. The Morgan fingerprint density at radius 2 is 1.59 bits per heavy atom. The molecule has 3 aliphatic heterocycles. The summed E-state index contributed by atoms with van der Waals surface area (Å²) >= 11 is 0. The Morgan fingerprint density at radius 3 is 2.29 bits per heavy atom. The maximum atomic E-state index is 14.5. The second-order valence-corrected chi connectivity index (χ2v) is 21.2. The average molecular weight is 976 g/mol. The molecule has 0 spiro atoms. The minimum absolute atomic E-state index is 0.0378. The van der Waals surface area contributed by atoms with Gasteiger partial charge in [-0.15, -0.1) is 0 Å². The standard InChI is InChI=1S/C56H85N3O11/c1-34-18-23-43(24-19-34)58-45-33-44-25-20-40(7)56(66,70-44)53(63)54(64)59-28-14-13-17-46(59)55(65)69-48(37(4)30-41-21-26-47(60)49(32-41)67-8)27-22-42(57)31-39(6)51(62)52(68-9)50(61)38(5)29-35(2)15-11-10-12-16-36(45)3/h10-12,15-16,18-19,23-24,31,35,37-38,40-42,44-49,51-52,58,60,62,66H,13-14,17,20-22,25-30,32-33,57H2,1-9H3/b12-10+,15-11+,36-16+,39-31+/t35-,37-,38-,40?,41?,42+,44+,45?,46?,47-,48+,49-,51-,52+,56-/m1/s1. The topological polar surface area (TPSA) is 207 Å². The van der Waals surface area contributed by atoms with Crippen LogP contribution in [-0.2, 0) is 38.1 Å². The molecule has 1 aromatic carbocycles. The number of methoxy groups -OCH3 is 2. The van der Waals surface area contributed by atoms with Crippen molar-refractivity contribution in [2.45, 2.75) is 192 Å². The van der Waals surface area contributed by atoms with Crippen LogP contribution in [-0.4, -0.2) is 125 Å². The van der Waals surface area contributed by atoms with Crippen LogP contribution in [0.25, 0.3) is 0 Å². The zero-order chi connectivity index (χ0) is 51.3. The minimum Gasteiger partial charge on any atom is -0.461 e. The molecule has 5 rings (SSSR count). The monoisotopic (exact) mass is 976 g/mol. The van der Waals surface area contributed by atoms with Crippen molar-refractivity contribution in [2.24, 2.45) is 35.3 Å². The molecule has 2 saturated heterocycles. The van der Waals surface area contributed by atoms with Gasteiger partial charge in [0.2, 0.25) is 5.79 Å². The van der Waals surface area contributed by atoms with Gasteiger partial charge in [-0.25, -0.2) is 4.79 Å². The summed E-state index contributed by atoms with van der Waals surface area (Å²) in [4.78, 5) is 58.4. The van der Waals surface area contributed by atoms with Gasteiger partial charge in [-0.1, -0.05) is 87.4 Å². The number of aliphatic hydroxyl groups excluding tert-OH is 2. The minimum atomic E-state index is -2.41. The number of hydrogen-bond acceptors (Lipinski definition) is 13. The summed E-state index contributed by atoms with van der Waals surface area (Å²) in [7, 11) is 3.02. The number of benzene rings is 1. The summed E-state index contributed by atoms with van der Waals surface area (Å²) in [5.74, 6) is -6.34. The fourth-order valence-corrected chi connectivity index (χ4v) is 10.9. The SMILES string of the molecule is CO[C@@H]1CC(C[C@@H](C)[C@@H]2CC[C@H](N)/C=C(\C)[C@@H](O)[C@@H](OC)C(=O)[C@H](C)C[C@H](C)/C=C/C=C/C=C(\C)C(Nc3ccc(C)cc3)C[C@@H]3CCC(C)[C@@](O)(O3)C(=O)C(=O)N3CCCCC3C(=O)O2)CC[C@H]1O. The van der Waals surface area contributed by atoms with E-state index in [1.54, 1.807) is 27.0 Å². The second kappa shape index (κ2) is 26.6. The number of cyclic esters (lactones) is 1. The molecular weight excluding hydrogens is 891 g/mol. The van der Waals surface area contributed by atoms with Crippen LogP contribution in [0.3, 0.4) is 0 Å². The van der Waals surface area contributed by atoms with Crippen molar-refractivity contribution in [3.05, 3.63) is 77.4 Å². The third-order valence-corrected chi connectivity index (χ3v) is 15.5. The first-order chi connectivity index (χ1) is 33.3. The van der Waals surface area contributed by atoms with Crippen LogP contribution in [0, 0.1) is 36.5 Å². The van der Waals surface area contributed by atoms with Crippen LogP contribution in [0.15, 0.2) is 71.9 Å². The number of carbonyl (C=O) groups excluding carboxylic acids is 4. The molecule has 3 heterocycles. The number of fused-ring (bicyclic) bond motifs is 3. The molecule has 390 valence electrons. The zero-order valence-corrected chi connectivity index (χ0v) is 43.4. The first-order valence-electron chi connectivity index (χ1n) is 26.0. The van der Waals surface area contributed by atoms with Crippen molar-refractivity contribution in [3.63, 3.8) is 0 Å². The number of allylic oxidation sites excluding steroid dienone is 5. The van der Waals surface area contributed by atoms with Crippen LogP contribution < -0.4 is 11.1 Å². The Balaban J connectivity index is 1.48. The molecule has 2 bridgehead atoms. The average Bonchev–Trinajstić information content (AvgIpc) is 3.33. The third-order valence-electron chi connectivity index (χ3n) is 15.5. The maximum Gasteiger partial charge on any atom is 0.329 e. The summed E-state index contributed by atoms with van der Waals surface area (Å²) in [6, 6.07) is 6.14. The molecule has 70 heavy (non-hydrogen) atoms. The van der Waals surface area contributed by atoms with E-state index < -0.39 is 77.9 Å². The molecule has 14 heteroatoms. The van der Waals surface area contributed by atoms with E-state index in [0.29, 0.717) is 76.2 Å². The third kappa shape index (κ3) is 15.3. The van der Waals surface area contributed by atoms with Crippen molar-refractivity contribution in [1.82, 2.24) is 4.90 Å². The van der Waals surface area contributed by atoms with Crippen LogP contribution in [0.1, 0.15) is 131 Å². The number of amides is 1. The highest BCUT2D eigenvalue weighted by atomic mass is 16.6. The highest BCUT2D eigenvalue weighted by molar-refractivity contribution is 6.39. The van der Waals surface area contributed by atoms with E-state index in [1.165, 1.54) is 12.0 Å². The van der Waals surface area contributed by atoms with E-state index in [4.69, 9.17) is 24.7 Å². The molecule has 1 saturated carbocycles. The van der Waals surface area contributed by atoms with Crippen LogP contribution in [0.4, 0.5) is 5.69 Å². The lowest BCUT2D eigenvalue weighted by atomic mass is 9.78. The molecule has 0 aromatic heterocycles. The lowest BCUT2D eigenvalue weighted by Gasteiger charge is -2.43. The lowest BCUT2D eigenvalue weighted by Crippen LogP contribution is -2.61. The molecule has 6 N–H and O–H groups in total. The summed E-state index contributed by atoms with van der Waals surface area (Å²) < 4.78 is 24.0. The Kier molecular flexibility index (Phi) is 21.6. The summed E-state index contributed by atoms with van der Waals surface area (Å²) in [6.45, 7) is 13.5. The van der Waals surface area contributed by atoms with Crippen molar-refractivity contribution < 1.29 is 53.4 Å². The molecule has 4 aliphatic rings.